The van der Waals surface area contributed by atoms with E-state index in [1.165, 1.54) is 44.5 Å². The summed E-state index contributed by atoms with van der Waals surface area (Å²) in [7, 11) is 0. The van der Waals surface area contributed by atoms with Gasteiger partial charge in [-0.2, -0.15) is 0 Å². The summed E-state index contributed by atoms with van der Waals surface area (Å²) < 4.78 is 7.11. The monoisotopic (exact) mass is 704 g/mol. The average Bonchev–Trinajstić information content (AvgIpc) is 3.64. The number of pyridine rings is 2. The number of anilines is 6. The van der Waals surface area contributed by atoms with Gasteiger partial charge in [-0.1, -0.05) is 73.5 Å². The Bertz CT molecular complexity index is 2760. The van der Waals surface area contributed by atoms with E-state index in [0.29, 0.717) is 0 Å². The molecule has 266 valence electrons. The second kappa shape index (κ2) is 12.4. The van der Waals surface area contributed by atoms with E-state index >= 15 is 0 Å². The van der Waals surface area contributed by atoms with Gasteiger partial charge in [-0.15, -0.1) is 0 Å². The number of hydrogen-bond donors (Lipinski definition) is 0. The van der Waals surface area contributed by atoms with Crippen molar-refractivity contribution in [1.82, 2.24) is 9.97 Å². The van der Waals surface area contributed by atoms with E-state index in [0.717, 1.165) is 67.5 Å². The van der Waals surface area contributed by atoms with Crippen molar-refractivity contribution < 1.29 is 4.42 Å². The van der Waals surface area contributed by atoms with Gasteiger partial charge in [0.15, 0.2) is 5.58 Å². The zero-order valence-corrected chi connectivity index (χ0v) is 32.2. The van der Waals surface area contributed by atoms with E-state index in [1.54, 1.807) is 0 Å². The predicted molar refractivity (Wildman–Crippen MR) is 225 cm³/mol. The molecule has 0 saturated heterocycles. The fraction of sp³-hybridized carbons (Fsp3) is 0.184. The summed E-state index contributed by atoms with van der Waals surface area (Å²) in [4.78, 5) is 14.2. The molecule has 0 spiro atoms. The van der Waals surface area contributed by atoms with Crippen molar-refractivity contribution >= 4 is 56.1 Å². The highest BCUT2D eigenvalue weighted by Gasteiger charge is 2.39. The molecule has 3 aromatic heterocycles. The van der Waals surface area contributed by atoms with Crippen molar-refractivity contribution in [1.29, 1.82) is 0 Å². The lowest BCUT2D eigenvalue weighted by molar-refractivity contribution is 0.656. The fourth-order valence-electron chi connectivity index (χ4n) is 8.52. The van der Waals surface area contributed by atoms with Crippen LogP contribution in [0.2, 0.25) is 0 Å². The van der Waals surface area contributed by atoms with Crippen molar-refractivity contribution in [2.24, 2.45) is 0 Å². The lowest BCUT2D eigenvalue weighted by Gasteiger charge is -2.29. The number of furan rings is 1. The van der Waals surface area contributed by atoms with Crippen LogP contribution in [-0.2, 0) is 5.41 Å². The van der Waals surface area contributed by atoms with Crippen LogP contribution in [0.15, 0.2) is 126 Å². The van der Waals surface area contributed by atoms with Gasteiger partial charge in [0.1, 0.15) is 5.58 Å². The summed E-state index contributed by atoms with van der Waals surface area (Å²) in [5.74, 6) is 0. The Balaban J connectivity index is 1.39. The zero-order valence-electron chi connectivity index (χ0n) is 32.2. The summed E-state index contributed by atoms with van der Waals surface area (Å²) in [6, 6.07) is 39.7. The summed E-state index contributed by atoms with van der Waals surface area (Å²) in [6.45, 7) is 17.4. The van der Waals surface area contributed by atoms with Crippen LogP contribution >= 0.6 is 0 Å². The molecule has 5 aromatic carbocycles. The maximum Gasteiger partial charge on any atom is 0.160 e. The van der Waals surface area contributed by atoms with Crippen molar-refractivity contribution in [3.05, 3.63) is 166 Å². The van der Waals surface area contributed by atoms with E-state index in [9.17, 15) is 0 Å². The molecule has 9 rings (SSSR count). The Kier molecular flexibility index (Phi) is 7.75. The Morgan fingerprint density at radius 3 is 1.74 bits per heavy atom. The van der Waals surface area contributed by atoms with Crippen molar-refractivity contribution in [2.75, 3.05) is 9.80 Å². The molecule has 0 saturated carbocycles. The van der Waals surface area contributed by atoms with Gasteiger partial charge in [-0.25, -0.2) is 0 Å². The Morgan fingerprint density at radius 1 is 0.537 bits per heavy atom. The maximum absolute atomic E-state index is 7.11. The molecule has 0 bridgehead atoms. The Morgan fingerprint density at radius 2 is 1.13 bits per heavy atom. The lowest BCUT2D eigenvalue weighted by atomic mass is 9.82. The summed E-state index contributed by atoms with van der Waals surface area (Å²) in [5.41, 5.74) is 19.6. The van der Waals surface area contributed by atoms with E-state index in [-0.39, 0.29) is 5.41 Å². The molecule has 0 unspecified atom stereocenters. The fourth-order valence-corrected chi connectivity index (χ4v) is 8.52. The van der Waals surface area contributed by atoms with Gasteiger partial charge in [0.25, 0.3) is 0 Å². The third kappa shape index (κ3) is 5.29. The first kappa shape index (κ1) is 33.6. The third-order valence-electron chi connectivity index (χ3n) is 11.2. The van der Waals surface area contributed by atoms with Crippen LogP contribution in [0, 0.1) is 41.5 Å². The van der Waals surface area contributed by atoms with Crippen LogP contribution in [0.3, 0.4) is 0 Å². The highest BCUT2D eigenvalue weighted by Crippen LogP contribution is 2.57. The molecule has 5 nitrogen and oxygen atoms in total. The van der Waals surface area contributed by atoms with Crippen LogP contribution < -0.4 is 9.80 Å². The molecule has 1 aliphatic carbocycles. The number of aryl methyl sites for hydroxylation is 6. The predicted octanol–water partition coefficient (Wildman–Crippen LogP) is 13.5. The van der Waals surface area contributed by atoms with Crippen LogP contribution in [0.1, 0.15) is 58.6 Å². The molecule has 3 heterocycles. The molecule has 5 heteroatoms. The van der Waals surface area contributed by atoms with Gasteiger partial charge in [0, 0.05) is 44.6 Å². The first-order valence-electron chi connectivity index (χ1n) is 18.7. The number of nitrogens with zero attached hydrogens (tertiary/aromatic N) is 4. The first-order valence-corrected chi connectivity index (χ1v) is 18.7. The third-order valence-corrected chi connectivity index (χ3v) is 11.2. The van der Waals surface area contributed by atoms with E-state index in [2.05, 4.69) is 161 Å². The van der Waals surface area contributed by atoms with Gasteiger partial charge in [0.2, 0.25) is 0 Å². The van der Waals surface area contributed by atoms with Crippen LogP contribution in [0.4, 0.5) is 34.1 Å². The highest BCUT2D eigenvalue weighted by molar-refractivity contribution is 6.20. The normalized spacial score (nSPS) is 13.0. The van der Waals surface area contributed by atoms with E-state index in [1.807, 2.05) is 26.2 Å². The maximum atomic E-state index is 7.11. The largest absolute Gasteiger partial charge is 0.454 e. The van der Waals surface area contributed by atoms with Gasteiger partial charge < -0.3 is 14.2 Å². The molecule has 1 aliphatic rings. The molecule has 0 radical (unpaired) electrons. The van der Waals surface area contributed by atoms with Crippen LogP contribution in [-0.4, -0.2) is 9.97 Å². The Labute approximate surface area is 317 Å². The minimum atomic E-state index is -0.242. The van der Waals surface area contributed by atoms with Gasteiger partial charge in [-0.05, 0) is 136 Å². The van der Waals surface area contributed by atoms with Crippen molar-refractivity contribution in [3.63, 3.8) is 0 Å². The van der Waals surface area contributed by atoms with Crippen LogP contribution in [0.25, 0.3) is 33.1 Å². The van der Waals surface area contributed by atoms with E-state index < -0.39 is 0 Å². The molecule has 54 heavy (non-hydrogen) atoms. The number of hydrogen-bond acceptors (Lipinski definition) is 5. The summed E-state index contributed by atoms with van der Waals surface area (Å²) in [5, 5.41) is 2.19. The zero-order chi connectivity index (χ0) is 37.5. The topological polar surface area (TPSA) is 45.4 Å². The minimum Gasteiger partial charge on any atom is -0.454 e. The van der Waals surface area contributed by atoms with Crippen LogP contribution in [0.5, 0.6) is 0 Å². The summed E-state index contributed by atoms with van der Waals surface area (Å²) >= 11 is 0. The van der Waals surface area contributed by atoms with Gasteiger partial charge in [0.05, 0.1) is 29.5 Å². The number of rotatable bonds is 6. The van der Waals surface area contributed by atoms with Crippen molar-refractivity contribution in [3.8, 4) is 11.1 Å². The van der Waals surface area contributed by atoms with Gasteiger partial charge in [-0.3, -0.25) is 9.97 Å². The smallest absolute Gasteiger partial charge is 0.160 e. The first-order chi connectivity index (χ1) is 26.0. The molecular weight excluding hydrogens is 661 g/mol. The molecular formula is C49H44N4O. The number of fused-ring (bicyclic) bond motifs is 7. The molecule has 0 atom stereocenters. The van der Waals surface area contributed by atoms with Crippen molar-refractivity contribution in [2.45, 2.75) is 60.8 Å². The molecule has 0 amide bonds. The number of benzene rings is 5. The second-order valence-electron chi connectivity index (χ2n) is 15.5. The standard InChI is InChI=1S/C49H44N4O/c1-29-13-20-42(31(3)23-29)52(36-17-15-33(5)50-27-36)35-19-22-45-39(25-35)47-46-38-11-9-10-12-40(38)49(7,8)41(46)26-44(48(47)54-45)53(37-18-16-34(6)51-28-37)43-21-14-30(2)24-32(43)4/h9-28H,1-8H3. The second-order valence-corrected chi connectivity index (χ2v) is 15.5. The average molecular weight is 705 g/mol. The Hall–Kier alpha value is -6.20. The summed E-state index contributed by atoms with van der Waals surface area (Å²) in [6.07, 6.45) is 3.95. The number of aromatic nitrogens is 2. The minimum absolute atomic E-state index is 0.242. The lowest BCUT2D eigenvalue weighted by Crippen LogP contribution is -2.17. The highest BCUT2D eigenvalue weighted by atomic mass is 16.3. The SMILES string of the molecule is Cc1ccc(N(c2ccc(C)nc2)c2ccc3oc4c(N(c5ccc(C)nc5)c5ccc(C)cc5C)cc5c(c4c3c2)-c2ccccc2C5(C)C)c(C)c1. The molecule has 0 N–H and O–H groups in total. The van der Waals surface area contributed by atoms with E-state index in [4.69, 9.17) is 14.4 Å². The quantitative estimate of drug-likeness (QED) is 0.172. The molecule has 0 aliphatic heterocycles. The molecule has 8 aromatic rings. The van der Waals surface area contributed by atoms with Gasteiger partial charge >= 0.3 is 0 Å². The molecule has 0 fully saturated rings.